The number of carbonyl (C=O) groups excluding carboxylic acids is 4. The molecule has 0 radical (unpaired) electrons. The van der Waals surface area contributed by atoms with Gasteiger partial charge in [0.05, 0.1) is 5.82 Å². The largest absolute Gasteiger partial charge is 0.386 e. The summed E-state index contributed by atoms with van der Waals surface area (Å²) in [5.41, 5.74) is 10.6. The van der Waals surface area contributed by atoms with Gasteiger partial charge in [-0.15, -0.1) is 0 Å². The molecule has 4 amide bonds. The Bertz CT molecular complexity index is 537. The number of amides is 4. The van der Waals surface area contributed by atoms with Crippen molar-refractivity contribution in [1.29, 1.82) is 0 Å². The molecule has 0 aliphatic rings. The van der Waals surface area contributed by atoms with E-state index in [1.807, 2.05) is 0 Å². The van der Waals surface area contributed by atoms with Gasteiger partial charge in [-0.25, -0.2) is 0 Å². The Morgan fingerprint density at radius 3 is 2.04 bits per heavy atom. The Balaban J connectivity index is 4.96. The predicted octanol–water partition coefficient (Wildman–Crippen LogP) is -1.82. The van der Waals surface area contributed by atoms with E-state index in [4.69, 9.17) is 11.5 Å². The number of rotatable bonds is 12. The van der Waals surface area contributed by atoms with Crippen LogP contribution in [0.4, 0.5) is 0 Å². The van der Waals surface area contributed by atoms with Crippen molar-refractivity contribution in [2.24, 2.45) is 11.5 Å². The van der Waals surface area contributed by atoms with Crippen molar-refractivity contribution < 1.29 is 19.2 Å². The molecule has 0 aromatic heterocycles. The maximum atomic E-state index is 12.4. The molecule has 0 rings (SSSR count). The number of hydrogen-bond acceptors (Lipinski definition) is 6. The molecule has 0 aromatic rings. The molecule has 0 fully saturated rings. The van der Waals surface area contributed by atoms with Crippen LogP contribution in [-0.4, -0.2) is 48.3 Å². The van der Waals surface area contributed by atoms with Crippen molar-refractivity contribution in [1.82, 2.24) is 21.3 Å². The molecule has 26 heavy (non-hydrogen) atoms. The molecule has 8 N–H and O–H groups in total. The minimum Gasteiger partial charge on any atom is -0.386 e. The average molecular weight is 370 g/mol. The Labute approximate surface area is 153 Å². The number of carbonyl (C=O) groups is 4. The second-order valence-electron chi connectivity index (χ2n) is 5.95. The molecule has 0 aliphatic heterocycles. The van der Waals surface area contributed by atoms with E-state index in [0.717, 1.165) is 0 Å². The zero-order valence-electron chi connectivity index (χ0n) is 15.6. The van der Waals surface area contributed by atoms with E-state index in [9.17, 15) is 19.2 Å². The fourth-order valence-electron chi connectivity index (χ4n) is 2.08. The summed E-state index contributed by atoms with van der Waals surface area (Å²) in [6, 6.07) is -2.51. The highest BCUT2D eigenvalue weighted by molar-refractivity contribution is 5.93. The van der Waals surface area contributed by atoms with E-state index < -0.39 is 35.8 Å². The average Bonchev–Trinajstić information content (AvgIpc) is 2.54. The number of primary amides is 1. The molecular weight excluding hydrogens is 340 g/mol. The summed E-state index contributed by atoms with van der Waals surface area (Å²) in [5, 5.41) is 10.4. The molecule has 10 nitrogen and oxygen atoms in total. The minimum atomic E-state index is -0.889. The molecule has 0 unspecified atom stereocenters. The van der Waals surface area contributed by atoms with Crippen LogP contribution in [0.25, 0.3) is 0 Å². The molecule has 10 heteroatoms. The van der Waals surface area contributed by atoms with Crippen LogP contribution in [0.5, 0.6) is 0 Å². The molecule has 0 saturated heterocycles. The van der Waals surface area contributed by atoms with Gasteiger partial charge in [0.15, 0.2) is 0 Å². The quantitative estimate of drug-likeness (QED) is 0.221. The van der Waals surface area contributed by atoms with Crippen molar-refractivity contribution in [2.75, 3.05) is 6.54 Å². The maximum absolute atomic E-state index is 12.4. The van der Waals surface area contributed by atoms with Crippen molar-refractivity contribution in [2.45, 2.75) is 58.2 Å². The summed E-state index contributed by atoms with van der Waals surface area (Å²) in [6.45, 7) is 8.46. The minimum absolute atomic E-state index is 0.292. The van der Waals surface area contributed by atoms with Crippen molar-refractivity contribution >= 4 is 23.6 Å². The van der Waals surface area contributed by atoms with Gasteiger partial charge in [-0.05, 0) is 26.2 Å². The standard InChI is InChI=1S/C16H30N6O4/c1-5-12(21-11(4)23)15(25)22-13(7-6-8-19-10(3)17)16(26)20-9(2)14(18)24/h9,12-13,19H,3,5-8,17H2,1-2,4H3,(H2,18,24)(H,20,26)(H,21,23)(H,22,25)/t9-,12-,13-/m0/s1. The molecular formula is C16H30N6O4. The van der Waals surface area contributed by atoms with Gasteiger partial charge in [0, 0.05) is 13.5 Å². The van der Waals surface area contributed by atoms with Crippen LogP contribution in [0.15, 0.2) is 12.4 Å². The van der Waals surface area contributed by atoms with Crippen molar-refractivity contribution in [3.05, 3.63) is 12.4 Å². The van der Waals surface area contributed by atoms with E-state index in [1.165, 1.54) is 13.8 Å². The number of hydrogen-bond donors (Lipinski definition) is 6. The zero-order chi connectivity index (χ0) is 20.3. The topological polar surface area (TPSA) is 168 Å². The first kappa shape index (κ1) is 23.2. The molecule has 3 atom stereocenters. The third kappa shape index (κ3) is 9.50. The normalized spacial score (nSPS) is 13.7. The summed E-state index contributed by atoms with van der Waals surface area (Å²) >= 11 is 0. The Morgan fingerprint density at radius 1 is 1.00 bits per heavy atom. The van der Waals surface area contributed by atoms with Gasteiger partial charge in [0.1, 0.15) is 18.1 Å². The lowest BCUT2D eigenvalue weighted by Gasteiger charge is -2.23. The second kappa shape index (κ2) is 11.7. The van der Waals surface area contributed by atoms with E-state index in [2.05, 4.69) is 27.8 Å². The third-order valence-electron chi connectivity index (χ3n) is 3.54. The molecule has 0 aromatic carbocycles. The second-order valence-corrected chi connectivity index (χ2v) is 5.95. The fraction of sp³-hybridized carbons (Fsp3) is 0.625. The SMILES string of the molecule is C=C(N)NCCC[C@H](NC(=O)[C@H](CC)NC(C)=O)C(=O)N[C@@H](C)C(N)=O. The third-order valence-corrected chi connectivity index (χ3v) is 3.54. The predicted molar refractivity (Wildman–Crippen MR) is 97.2 cm³/mol. The molecule has 0 heterocycles. The highest BCUT2D eigenvalue weighted by Gasteiger charge is 2.26. The first-order chi connectivity index (χ1) is 12.1. The van der Waals surface area contributed by atoms with Crippen LogP contribution in [-0.2, 0) is 19.2 Å². The highest BCUT2D eigenvalue weighted by atomic mass is 16.2. The van der Waals surface area contributed by atoms with Crippen molar-refractivity contribution in [3.8, 4) is 0 Å². The van der Waals surface area contributed by atoms with Crippen LogP contribution < -0.4 is 32.7 Å². The van der Waals surface area contributed by atoms with Gasteiger partial charge >= 0.3 is 0 Å². The Kier molecular flexibility index (Phi) is 10.5. The Morgan fingerprint density at radius 2 is 1.58 bits per heavy atom. The van der Waals surface area contributed by atoms with E-state index >= 15 is 0 Å². The van der Waals surface area contributed by atoms with Gasteiger partial charge in [0.2, 0.25) is 23.6 Å². The molecule has 0 spiro atoms. The highest BCUT2D eigenvalue weighted by Crippen LogP contribution is 2.01. The summed E-state index contributed by atoms with van der Waals surface area (Å²) in [5.74, 6) is -1.75. The summed E-state index contributed by atoms with van der Waals surface area (Å²) in [4.78, 5) is 47.0. The number of nitrogens with two attached hydrogens (primary N) is 2. The van der Waals surface area contributed by atoms with E-state index in [-0.39, 0.29) is 5.91 Å². The first-order valence-corrected chi connectivity index (χ1v) is 8.43. The lowest BCUT2D eigenvalue weighted by atomic mass is 10.1. The molecule has 0 bridgehead atoms. The van der Waals surface area contributed by atoms with Gasteiger partial charge in [0.25, 0.3) is 0 Å². The lowest BCUT2D eigenvalue weighted by molar-refractivity contribution is -0.133. The van der Waals surface area contributed by atoms with Gasteiger partial charge in [-0.3, -0.25) is 19.2 Å². The lowest BCUT2D eigenvalue weighted by Crippen LogP contribution is -2.55. The van der Waals surface area contributed by atoms with Crippen LogP contribution in [0, 0.1) is 0 Å². The van der Waals surface area contributed by atoms with Crippen LogP contribution in [0.3, 0.4) is 0 Å². The van der Waals surface area contributed by atoms with Gasteiger partial charge < -0.3 is 32.7 Å². The molecule has 0 saturated carbocycles. The van der Waals surface area contributed by atoms with E-state index in [0.29, 0.717) is 31.6 Å². The van der Waals surface area contributed by atoms with Crippen LogP contribution in [0.1, 0.15) is 40.0 Å². The number of nitrogens with one attached hydrogen (secondary N) is 4. The monoisotopic (exact) mass is 370 g/mol. The van der Waals surface area contributed by atoms with Gasteiger partial charge in [-0.1, -0.05) is 13.5 Å². The van der Waals surface area contributed by atoms with Crippen LogP contribution in [0.2, 0.25) is 0 Å². The Hall–Kier alpha value is -2.78. The fourth-order valence-corrected chi connectivity index (χ4v) is 2.08. The summed E-state index contributed by atoms with van der Waals surface area (Å²) in [6.07, 6.45) is 1.17. The first-order valence-electron chi connectivity index (χ1n) is 8.43. The molecule has 0 aliphatic carbocycles. The summed E-state index contributed by atoms with van der Waals surface area (Å²) < 4.78 is 0. The molecule has 148 valence electrons. The van der Waals surface area contributed by atoms with E-state index in [1.54, 1.807) is 6.92 Å². The smallest absolute Gasteiger partial charge is 0.243 e. The maximum Gasteiger partial charge on any atom is 0.243 e. The van der Waals surface area contributed by atoms with Crippen molar-refractivity contribution in [3.63, 3.8) is 0 Å². The van der Waals surface area contributed by atoms with Gasteiger partial charge in [-0.2, -0.15) is 0 Å². The van der Waals surface area contributed by atoms with Crippen LogP contribution >= 0.6 is 0 Å². The summed E-state index contributed by atoms with van der Waals surface area (Å²) in [7, 11) is 0. The zero-order valence-corrected chi connectivity index (χ0v) is 15.6.